The van der Waals surface area contributed by atoms with Crippen LogP contribution in [0, 0.1) is 6.92 Å². The molecule has 0 aliphatic heterocycles. The molecule has 0 saturated heterocycles. The molecule has 1 aromatic heterocycles. The van der Waals surface area contributed by atoms with Crippen LogP contribution in [0.3, 0.4) is 0 Å². The van der Waals surface area contributed by atoms with Crippen molar-refractivity contribution in [1.29, 1.82) is 0 Å². The van der Waals surface area contributed by atoms with Gasteiger partial charge in [-0.05, 0) is 38.2 Å². The Kier molecular flexibility index (Phi) is 6.24. The first-order valence-electron chi connectivity index (χ1n) is 9.27. The van der Waals surface area contributed by atoms with Crippen LogP contribution in [0.4, 0.5) is 0 Å². The highest BCUT2D eigenvalue weighted by Gasteiger charge is 2.23. The number of aryl methyl sites for hydroxylation is 1. The highest BCUT2D eigenvalue weighted by Crippen LogP contribution is 2.27. The van der Waals surface area contributed by atoms with Crippen LogP contribution >= 0.6 is 0 Å². The summed E-state index contributed by atoms with van der Waals surface area (Å²) >= 11 is 0. The predicted octanol–water partition coefficient (Wildman–Crippen LogP) is 1.12. The van der Waals surface area contributed by atoms with E-state index in [1.165, 1.54) is 5.56 Å². The molecule has 0 bridgehead atoms. The first kappa shape index (κ1) is 19.1. The Morgan fingerprint density at radius 1 is 1.30 bits per heavy atom. The van der Waals surface area contributed by atoms with E-state index in [2.05, 4.69) is 10.3 Å². The van der Waals surface area contributed by atoms with Gasteiger partial charge in [-0.25, -0.2) is 4.79 Å². The summed E-state index contributed by atoms with van der Waals surface area (Å²) in [6.45, 7) is 2.74. The molecule has 0 unspecified atom stereocenters. The zero-order valence-electron chi connectivity index (χ0n) is 15.5. The van der Waals surface area contributed by atoms with Crippen LogP contribution in [0.1, 0.15) is 35.2 Å². The fourth-order valence-corrected chi connectivity index (χ4v) is 3.26. The van der Waals surface area contributed by atoms with Crippen molar-refractivity contribution in [3.8, 4) is 5.88 Å². The second-order valence-electron chi connectivity index (χ2n) is 6.76. The van der Waals surface area contributed by atoms with Crippen LogP contribution in [0.25, 0.3) is 0 Å². The number of ether oxygens (including phenoxy) is 1. The Morgan fingerprint density at radius 2 is 2.07 bits per heavy atom. The molecule has 0 spiro atoms. The van der Waals surface area contributed by atoms with E-state index in [4.69, 9.17) is 9.84 Å². The van der Waals surface area contributed by atoms with Gasteiger partial charge >= 0.3 is 5.69 Å². The van der Waals surface area contributed by atoms with Crippen LogP contribution in [0.15, 0.2) is 29.1 Å². The Hall–Kier alpha value is -2.67. The molecule has 3 rings (SSSR count). The van der Waals surface area contributed by atoms with Crippen molar-refractivity contribution < 1.29 is 14.6 Å². The van der Waals surface area contributed by atoms with Gasteiger partial charge in [-0.3, -0.25) is 9.36 Å². The molecule has 0 radical (unpaired) electrons. The molecule has 7 nitrogen and oxygen atoms in total. The van der Waals surface area contributed by atoms with Crippen LogP contribution in [0.2, 0.25) is 0 Å². The van der Waals surface area contributed by atoms with Crippen molar-refractivity contribution in [3.63, 3.8) is 0 Å². The van der Waals surface area contributed by atoms with Crippen LogP contribution in [-0.2, 0) is 30.7 Å². The maximum atomic E-state index is 12.3. The lowest BCUT2D eigenvalue weighted by Crippen LogP contribution is -2.31. The summed E-state index contributed by atoms with van der Waals surface area (Å²) in [5, 5.41) is 11.8. The summed E-state index contributed by atoms with van der Waals surface area (Å²) < 4.78 is 7.19. The number of carbonyl (C=O) groups is 1. The second-order valence-corrected chi connectivity index (χ2v) is 6.76. The minimum Gasteiger partial charge on any atom is -0.467 e. The highest BCUT2D eigenvalue weighted by atomic mass is 16.5. The van der Waals surface area contributed by atoms with E-state index in [0.717, 1.165) is 36.1 Å². The highest BCUT2D eigenvalue weighted by molar-refractivity contribution is 5.77. The zero-order valence-corrected chi connectivity index (χ0v) is 15.5. The summed E-state index contributed by atoms with van der Waals surface area (Å²) in [6, 6.07) is 7.93. The van der Waals surface area contributed by atoms with E-state index in [1.807, 2.05) is 31.2 Å². The second kappa shape index (κ2) is 8.81. The molecule has 1 aromatic carbocycles. The molecular weight excluding hydrogens is 346 g/mol. The van der Waals surface area contributed by atoms with E-state index in [0.29, 0.717) is 19.5 Å². The SMILES string of the molecule is Cc1ccc(CNC(=O)COc2nc(=O)n(CCCO)c3c2CCC3)cc1. The lowest BCUT2D eigenvalue weighted by molar-refractivity contribution is -0.123. The fourth-order valence-electron chi connectivity index (χ4n) is 3.26. The summed E-state index contributed by atoms with van der Waals surface area (Å²) in [7, 11) is 0. The maximum absolute atomic E-state index is 12.3. The summed E-state index contributed by atoms with van der Waals surface area (Å²) in [5.41, 5.74) is 3.61. The average Bonchev–Trinajstić information content (AvgIpc) is 3.15. The van der Waals surface area contributed by atoms with E-state index in [-0.39, 0.29) is 30.7 Å². The molecule has 2 N–H and O–H groups in total. The number of benzene rings is 1. The van der Waals surface area contributed by atoms with Gasteiger partial charge in [0, 0.05) is 31.0 Å². The molecule has 1 amide bonds. The molecule has 0 saturated carbocycles. The topological polar surface area (TPSA) is 93.5 Å². The number of nitrogens with zero attached hydrogens (tertiary/aromatic N) is 2. The third kappa shape index (κ3) is 4.74. The molecule has 0 atom stereocenters. The fraction of sp³-hybridized carbons (Fsp3) is 0.450. The van der Waals surface area contributed by atoms with E-state index in [1.54, 1.807) is 4.57 Å². The van der Waals surface area contributed by atoms with Crippen molar-refractivity contribution in [3.05, 3.63) is 57.1 Å². The number of carbonyl (C=O) groups excluding carboxylic acids is 1. The van der Waals surface area contributed by atoms with Crippen molar-refractivity contribution in [2.45, 2.75) is 45.7 Å². The van der Waals surface area contributed by atoms with Crippen molar-refractivity contribution in [2.75, 3.05) is 13.2 Å². The molecular formula is C20H25N3O4. The lowest BCUT2D eigenvalue weighted by atomic mass is 10.1. The standard InChI is InChI=1S/C20H25N3O4/c1-14-6-8-15(9-7-14)12-21-18(25)13-27-19-16-4-2-5-17(16)23(10-3-11-24)20(26)22-19/h6-9,24H,2-5,10-13H2,1H3,(H,21,25). The van der Waals surface area contributed by atoms with Gasteiger partial charge < -0.3 is 15.2 Å². The van der Waals surface area contributed by atoms with E-state index in [9.17, 15) is 9.59 Å². The smallest absolute Gasteiger partial charge is 0.351 e. The summed E-state index contributed by atoms with van der Waals surface area (Å²) in [6.07, 6.45) is 3.00. The summed E-state index contributed by atoms with van der Waals surface area (Å²) in [5.74, 6) is 0.00631. The van der Waals surface area contributed by atoms with Gasteiger partial charge in [-0.2, -0.15) is 4.98 Å². The van der Waals surface area contributed by atoms with E-state index < -0.39 is 0 Å². The molecule has 1 aliphatic rings. The molecule has 2 aromatic rings. The molecule has 7 heteroatoms. The number of amides is 1. The molecule has 144 valence electrons. The van der Waals surface area contributed by atoms with Gasteiger partial charge in [0.2, 0.25) is 5.88 Å². The Morgan fingerprint density at radius 3 is 2.81 bits per heavy atom. The average molecular weight is 371 g/mol. The summed E-state index contributed by atoms with van der Waals surface area (Å²) in [4.78, 5) is 28.4. The van der Waals surface area contributed by atoms with Gasteiger partial charge in [-0.15, -0.1) is 0 Å². The monoisotopic (exact) mass is 371 g/mol. The largest absolute Gasteiger partial charge is 0.467 e. The number of aliphatic hydroxyl groups is 1. The number of aliphatic hydroxyl groups excluding tert-OH is 1. The van der Waals surface area contributed by atoms with Gasteiger partial charge in [0.1, 0.15) is 0 Å². The maximum Gasteiger partial charge on any atom is 0.351 e. The van der Waals surface area contributed by atoms with Gasteiger partial charge in [0.25, 0.3) is 5.91 Å². The Balaban J connectivity index is 1.61. The first-order chi connectivity index (χ1) is 13.1. The zero-order chi connectivity index (χ0) is 19.2. The number of hydrogen-bond acceptors (Lipinski definition) is 5. The Labute approximate surface area is 158 Å². The molecule has 1 aliphatic carbocycles. The van der Waals surface area contributed by atoms with Crippen molar-refractivity contribution in [1.82, 2.24) is 14.9 Å². The van der Waals surface area contributed by atoms with Gasteiger partial charge in [0.05, 0.1) is 0 Å². The number of hydrogen-bond donors (Lipinski definition) is 2. The number of aromatic nitrogens is 2. The minimum absolute atomic E-state index is 0.0284. The van der Waals surface area contributed by atoms with Crippen LogP contribution in [0.5, 0.6) is 5.88 Å². The van der Waals surface area contributed by atoms with Gasteiger partial charge in [-0.1, -0.05) is 29.8 Å². The third-order valence-corrected chi connectivity index (χ3v) is 4.69. The normalized spacial score (nSPS) is 12.7. The lowest BCUT2D eigenvalue weighted by Gasteiger charge is -2.14. The van der Waals surface area contributed by atoms with Crippen LogP contribution in [-0.4, -0.2) is 33.8 Å². The third-order valence-electron chi connectivity index (χ3n) is 4.69. The Bertz CT molecular complexity index is 859. The van der Waals surface area contributed by atoms with E-state index >= 15 is 0 Å². The minimum atomic E-state index is -0.390. The van der Waals surface area contributed by atoms with Crippen LogP contribution < -0.4 is 15.7 Å². The number of fused-ring (bicyclic) bond motifs is 1. The van der Waals surface area contributed by atoms with Crippen molar-refractivity contribution >= 4 is 5.91 Å². The molecule has 27 heavy (non-hydrogen) atoms. The molecule has 0 fully saturated rings. The number of rotatable bonds is 8. The predicted molar refractivity (Wildman–Crippen MR) is 101 cm³/mol. The first-order valence-corrected chi connectivity index (χ1v) is 9.27. The molecule has 1 heterocycles. The quantitative estimate of drug-likeness (QED) is 0.725. The number of nitrogens with one attached hydrogen (secondary N) is 1. The van der Waals surface area contributed by atoms with Gasteiger partial charge in [0.15, 0.2) is 6.61 Å². The van der Waals surface area contributed by atoms with Crippen molar-refractivity contribution in [2.24, 2.45) is 0 Å².